The van der Waals surface area contributed by atoms with Gasteiger partial charge < -0.3 is 43.2 Å². The van der Waals surface area contributed by atoms with E-state index in [-0.39, 0.29) is 30.8 Å². The molecule has 58 heavy (non-hydrogen) atoms. The molecule has 1 N–H and O–H groups in total. The first kappa shape index (κ1) is 45.3. The van der Waals surface area contributed by atoms with Crippen molar-refractivity contribution in [2.24, 2.45) is 23.7 Å². The number of ketones is 2. The smallest absolute Gasteiger partial charge is 0.410 e. The number of aliphatic hydroxyl groups is 1. The minimum Gasteiger partial charge on any atom is -0.458 e. The minimum absolute atomic E-state index is 0.130. The van der Waals surface area contributed by atoms with Gasteiger partial charge >= 0.3 is 12.1 Å². The number of hydrogen-bond donors (Lipinski definition) is 1. The summed E-state index contributed by atoms with van der Waals surface area (Å²) in [6, 6.07) is 2.74. The molecule has 2 aromatic rings. The Hall–Kier alpha value is -3.76. The molecule has 0 saturated carbocycles. The number of unbranched alkanes of at least 4 members (excludes halogenated alkanes) is 1. The number of imidazole rings is 1. The van der Waals surface area contributed by atoms with Gasteiger partial charge in [0, 0.05) is 68.1 Å². The summed E-state index contributed by atoms with van der Waals surface area (Å²) < 4.78 is 33.2. The number of cyclic esters (lactones) is 1. The minimum atomic E-state index is -1.40. The van der Waals surface area contributed by atoms with Crippen LogP contribution in [0.4, 0.5) is 4.79 Å². The fraction of sp³-hybridized carbons (Fsp3) is 0.721. The van der Waals surface area contributed by atoms with Gasteiger partial charge in [-0.05, 0) is 86.0 Å². The van der Waals surface area contributed by atoms with Gasteiger partial charge in [0.15, 0.2) is 17.7 Å². The summed E-state index contributed by atoms with van der Waals surface area (Å²) in [4.78, 5) is 69.0. The number of aliphatic hydroxyl groups excluding tert-OH is 1. The molecule has 13 atom stereocenters. The van der Waals surface area contributed by atoms with E-state index in [2.05, 4.69) is 9.97 Å². The number of aryl methyl sites for hydroxylation is 1. The quantitative estimate of drug-likeness (QED) is 0.184. The van der Waals surface area contributed by atoms with Crippen molar-refractivity contribution in [3.05, 3.63) is 37.1 Å². The number of carbonyl (C=O) groups is 4. The molecule has 3 fully saturated rings. The number of methoxy groups -OCH3 is 1. The van der Waals surface area contributed by atoms with E-state index in [0.717, 1.165) is 11.3 Å². The lowest BCUT2D eigenvalue weighted by atomic mass is 9.73. The van der Waals surface area contributed by atoms with Crippen LogP contribution in [0.3, 0.4) is 0 Å². The zero-order chi connectivity index (χ0) is 42.7. The van der Waals surface area contributed by atoms with E-state index in [1.807, 2.05) is 62.7 Å². The Balaban J connectivity index is 1.43. The van der Waals surface area contributed by atoms with Crippen LogP contribution >= 0.6 is 0 Å². The van der Waals surface area contributed by atoms with E-state index in [9.17, 15) is 24.3 Å². The van der Waals surface area contributed by atoms with Crippen LogP contribution in [0.15, 0.2) is 37.1 Å². The third-order valence-electron chi connectivity index (χ3n) is 12.8. The molecule has 0 bridgehead atoms. The van der Waals surface area contributed by atoms with Gasteiger partial charge in [0.25, 0.3) is 0 Å². The van der Waals surface area contributed by atoms with Gasteiger partial charge in [0.2, 0.25) is 0 Å². The second kappa shape index (κ2) is 18.7. The van der Waals surface area contributed by atoms with Gasteiger partial charge in [0.1, 0.15) is 23.9 Å². The van der Waals surface area contributed by atoms with Crippen molar-refractivity contribution in [2.75, 3.05) is 27.7 Å². The summed E-state index contributed by atoms with van der Waals surface area (Å²) in [5.41, 5.74) is -0.938. The predicted octanol–water partition coefficient (Wildman–Crippen LogP) is 4.93. The van der Waals surface area contributed by atoms with Crippen LogP contribution in [0.25, 0.3) is 11.3 Å². The third kappa shape index (κ3) is 9.33. The summed E-state index contributed by atoms with van der Waals surface area (Å²) >= 11 is 0. The average molecular weight is 814 g/mol. The average Bonchev–Trinajstić information content (AvgIpc) is 3.78. The molecular formula is C43H65N5O10. The van der Waals surface area contributed by atoms with Gasteiger partial charge in [-0.25, -0.2) is 9.78 Å². The van der Waals surface area contributed by atoms with Gasteiger partial charge in [-0.2, -0.15) is 0 Å². The Morgan fingerprint density at radius 3 is 2.40 bits per heavy atom. The maximum atomic E-state index is 14.7. The molecule has 3 aliphatic rings. The fourth-order valence-corrected chi connectivity index (χ4v) is 9.43. The number of ether oxygens (including phenoxy) is 5. The summed E-state index contributed by atoms with van der Waals surface area (Å²) in [6.45, 7) is 14.9. The highest BCUT2D eigenvalue weighted by atomic mass is 16.7. The van der Waals surface area contributed by atoms with E-state index < -0.39 is 83.4 Å². The van der Waals surface area contributed by atoms with Gasteiger partial charge in [-0.15, -0.1) is 0 Å². The lowest BCUT2D eigenvalue weighted by Crippen LogP contribution is -2.60. The zero-order valence-corrected chi connectivity index (χ0v) is 36.1. The second-order valence-corrected chi connectivity index (χ2v) is 17.3. The topological polar surface area (TPSA) is 172 Å². The van der Waals surface area contributed by atoms with Gasteiger partial charge in [-0.1, -0.05) is 27.7 Å². The first-order chi connectivity index (χ1) is 27.4. The molecule has 4 unspecified atom stereocenters. The SMILES string of the molecule is CC[C@H]1OC(=O)[C@H](C)C(=O)[C@H](C)[C@@H](OC2OC(C)CC(N(C)[14CH3])C2O)[C@](C)(OC)C[C@@H](C)C(=O)[C@H](C)[C@H]2N(CCCCn3cnc(-c4cccnc4)c3)C(=O)O[C@]12C. The summed E-state index contributed by atoms with van der Waals surface area (Å²) in [5.74, 6) is -4.95. The van der Waals surface area contributed by atoms with E-state index >= 15 is 0 Å². The Kier molecular flexibility index (Phi) is 14.6. The highest BCUT2D eigenvalue weighted by Crippen LogP contribution is 2.43. The standard InChI is InChI=1S/C43H65N5O10/c1-12-33-43(8)37(48(41(53)58-43)19-14-13-18-47-23-31(45-24-47)30-16-15-17-44-22-30)27(4)34(49)25(2)21-42(7,54-11)38(28(5)35(50)29(6)39(52)56-33)57-40-36(51)32(46(9)10)20-26(3)55-40/h15-17,22-29,32-33,36-38,40,51H,12-14,18-21H2,1-11H3/t25-,26?,27+,28+,29-,32?,33-,36?,37-,38-,40?,42-,43-/m1/s1/i9+2. The molecule has 0 aliphatic carbocycles. The predicted molar refractivity (Wildman–Crippen MR) is 214 cm³/mol. The summed E-state index contributed by atoms with van der Waals surface area (Å²) in [7, 11) is 5.24. The number of Topliss-reactive ketones (excluding diaryl/α,β-unsaturated/α-hetero) is 2. The number of esters is 1. The Labute approximate surface area is 343 Å². The fourth-order valence-electron chi connectivity index (χ4n) is 9.43. The van der Waals surface area contributed by atoms with E-state index in [1.165, 1.54) is 14.0 Å². The number of rotatable bonds is 11. The molecule has 322 valence electrons. The molecular weight excluding hydrogens is 748 g/mol. The van der Waals surface area contributed by atoms with Crippen molar-refractivity contribution in [3.63, 3.8) is 0 Å². The number of carbonyl (C=O) groups excluding carboxylic acids is 4. The number of aromatic nitrogens is 3. The number of hydrogen-bond acceptors (Lipinski definition) is 13. The maximum Gasteiger partial charge on any atom is 0.410 e. The van der Waals surface area contributed by atoms with Crippen LogP contribution in [0.5, 0.6) is 0 Å². The molecule has 0 aromatic carbocycles. The number of amides is 1. The first-order valence-corrected chi connectivity index (χ1v) is 20.8. The number of nitrogens with zero attached hydrogens (tertiary/aromatic N) is 5. The van der Waals surface area contributed by atoms with Gasteiger partial charge in [-0.3, -0.25) is 19.4 Å². The monoisotopic (exact) mass is 813 g/mol. The van der Waals surface area contributed by atoms with Crippen LogP contribution in [0.1, 0.15) is 87.5 Å². The van der Waals surface area contributed by atoms with E-state index in [0.29, 0.717) is 32.4 Å². The maximum absolute atomic E-state index is 14.7. The largest absolute Gasteiger partial charge is 0.458 e. The van der Waals surface area contributed by atoms with Crippen LogP contribution in [-0.2, 0) is 44.6 Å². The van der Waals surface area contributed by atoms with Gasteiger partial charge in [0.05, 0.1) is 35.9 Å². The Morgan fingerprint density at radius 1 is 1.05 bits per heavy atom. The lowest BCUT2D eigenvalue weighted by Gasteiger charge is -2.47. The van der Waals surface area contributed by atoms with Crippen molar-refractivity contribution in [1.82, 2.24) is 24.3 Å². The number of likely N-dealkylation sites (N-methyl/N-ethyl adjacent to an activating group) is 1. The molecule has 0 radical (unpaired) electrons. The summed E-state index contributed by atoms with van der Waals surface area (Å²) in [5, 5.41) is 11.4. The van der Waals surface area contributed by atoms with Crippen LogP contribution in [-0.4, -0.2) is 135 Å². The Morgan fingerprint density at radius 2 is 1.76 bits per heavy atom. The third-order valence-corrected chi connectivity index (χ3v) is 12.8. The van der Waals surface area contributed by atoms with Crippen LogP contribution in [0.2, 0.25) is 0 Å². The molecule has 0 spiro atoms. The zero-order valence-electron chi connectivity index (χ0n) is 36.1. The molecule has 15 nitrogen and oxygen atoms in total. The van der Waals surface area contributed by atoms with Crippen molar-refractivity contribution in [3.8, 4) is 11.3 Å². The first-order valence-electron chi connectivity index (χ1n) is 20.8. The normalized spacial score (nSPS) is 36.7. The van der Waals surface area contributed by atoms with Crippen LogP contribution in [0, 0.1) is 23.7 Å². The lowest BCUT2D eigenvalue weighted by molar-refractivity contribution is -0.295. The molecule has 5 heterocycles. The van der Waals surface area contributed by atoms with Crippen molar-refractivity contribution >= 4 is 23.6 Å². The molecule has 5 rings (SSSR count). The van der Waals surface area contributed by atoms with E-state index in [1.54, 1.807) is 51.3 Å². The molecule has 3 saturated heterocycles. The van der Waals surface area contributed by atoms with Crippen LogP contribution < -0.4 is 0 Å². The number of pyridine rings is 1. The highest BCUT2D eigenvalue weighted by molar-refractivity contribution is 6.00. The Bertz CT molecular complexity index is 1740. The second-order valence-electron chi connectivity index (χ2n) is 17.3. The van der Waals surface area contributed by atoms with Crippen molar-refractivity contribution < 1.29 is 48.0 Å². The van der Waals surface area contributed by atoms with Crippen molar-refractivity contribution in [2.45, 2.75) is 148 Å². The molecule has 3 aliphatic heterocycles. The molecule has 1 amide bonds. The summed E-state index contributed by atoms with van der Waals surface area (Å²) in [6.07, 6.45) is 4.45. The van der Waals surface area contributed by atoms with Crippen molar-refractivity contribution in [1.29, 1.82) is 0 Å². The highest BCUT2D eigenvalue weighted by Gasteiger charge is 2.60. The molecule has 2 aromatic heterocycles. The van der Waals surface area contributed by atoms with E-state index in [4.69, 9.17) is 23.7 Å². The molecule has 15 heteroatoms. The number of fused-ring (bicyclic) bond motifs is 1.